The molecule has 0 aliphatic heterocycles. The lowest BCUT2D eigenvalue weighted by molar-refractivity contribution is 0.273. The van der Waals surface area contributed by atoms with E-state index < -0.39 is 0 Å². The predicted octanol–water partition coefficient (Wildman–Crippen LogP) is 6.94. The zero-order valence-electron chi connectivity index (χ0n) is 20.4. The summed E-state index contributed by atoms with van der Waals surface area (Å²) in [6.45, 7) is 11.9. The molecule has 4 nitrogen and oxygen atoms in total. The van der Waals surface area contributed by atoms with Crippen LogP contribution >= 0.6 is 0 Å². The molecule has 0 saturated carbocycles. The molecule has 0 saturated heterocycles. The summed E-state index contributed by atoms with van der Waals surface area (Å²) >= 11 is 0. The Hall–Kier alpha value is -3.53. The summed E-state index contributed by atoms with van der Waals surface area (Å²) in [6.07, 6.45) is 4.05. The summed E-state index contributed by atoms with van der Waals surface area (Å²) in [4.78, 5) is 4.92. The molecule has 0 amide bonds. The second-order valence-corrected chi connectivity index (χ2v) is 8.54. The predicted molar refractivity (Wildman–Crippen MR) is 136 cm³/mol. The number of aryl methyl sites for hydroxylation is 2. The summed E-state index contributed by atoms with van der Waals surface area (Å²) in [7, 11) is 1.67. The highest BCUT2D eigenvalue weighted by Gasteiger charge is 2.16. The minimum Gasteiger partial charge on any atom is -0.493 e. The molecule has 33 heavy (non-hydrogen) atoms. The van der Waals surface area contributed by atoms with Gasteiger partial charge in [0.05, 0.1) is 24.7 Å². The van der Waals surface area contributed by atoms with Gasteiger partial charge in [0.2, 0.25) is 0 Å². The Kier molecular flexibility index (Phi) is 6.55. The molecule has 1 aromatic heterocycles. The summed E-state index contributed by atoms with van der Waals surface area (Å²) in [5.41, 5.74) is 9.84. The first kappa shape index (κ1) is 22.7. The SMILES string of the molecule is C/C=C\c1ccc(OCc2nc3ccccc3n2Cc2c(C)c(C)cc(C)c2C)c(OC)c1. The van der Waals surface area contributed by atoms with Gasteiger partial charge in [0.25, 0.3) is 0 Å². The fourth-order valence-electron chi connectivity index (χ4n) is 4.35. The average molecular weight is 441 g/mol. The van der Waals surface area contributed by atoms with Crippen molar-refractivity contribution >= 4 is 17.1 Å². The topological polar surface area (TPSA) is 36.3 Å². The molecule has 4 rings (SSSR count). The van der Waals surface area contributed by atoms with E-state index in [4.69, 9.17) is 14.5 Å². The third-order valence-electron chi connectivity index (χ3n) is 6.47. The van der Waals surface area contributed by atoms with Crippen molar-refractivity contribution in [1.29, 1.82) is 0 Å². The molecule has 0 aliphatic carbocycles. The van der Waals surface area contributed by atoms with Crippen LogP contribution < -0.4 is 9.47 Å². The van der Waals surface area contributed by atoms with Gasteiger partial charge >= 0.3 is 0 Å². The van der Waals surface area contributed by atoms with Crippen LogP contribution in [0.25, 0.3) is 17.1 Å². The maximum absolute atomic E-state index is 6.23. The number of ether oxygens (including phenoxy) is 2. The van der Waals surface area contributed by atoms with E-state index in [2.05, 4.69) is 56.5 Å². The third-order valence-corrected chi connectivity index (χ3v) is 6.47. The summed E-state index contributed by atoms with van der Waals surface area (Å²) in [5, 5.41) is 0. The van der Waals surface area contributed by atoms with Crippen molar-refractivity contribution in [2.24, 2.45) is 0 Å². The number of allylic oxidation sites excluding steroid dienone is 1. The molecule has 0 spiro atoms. The molecule has 0 unspecified atom stereocenters. The van der Waals surface area contributed by atoms with E-state index in [0.29, 0.717) is 18.1 Å². The molecule has 0 aliphatic rings. The Balaban J connectivity index is 1.71. The second-order valence-electron chi connectivity index (χ2n) is 8.54. The Morgan fingerprint density at radius 1 is 0.909 bits per heavy atom. The Bertz CT molecular complexity index is 1310. The number of methoxy groups -OCH3 is 1. The number of imidazole rings is 1. The maximum Gasteiger partial charge on any atom is 0.161 e. The van der Waals surface area contributed by atoms with Gasteiger partial charge in [-0.1, -0.05) is 36.4 Å². The molecule has 170 valence electrons. The van der Waals surface area contributed by atoms with Crippen LogP contribution in [0.4, 0.5) is 0 Å². The average Bonchev–Trinajstić information content (AvgIpc) is 3.17. The number of nitrogens with zero attached hydrogens (tertiary/aromatic N) is 2. The van der Waals surface area contributed by atoms with Crippen molar-refractivity contribution in [3.8, 4) is 11.5 Å². The van der Waals surface area contributed by atoms with Crippen LogP contribution in [0.2, 0.25) is 0 Å². The fourth-order valence-corrected chi connectivity index (χ4v) is 4.35. The first-order chi connectivity index (χ1) is 15.9. The fraction of sp³-hybridized carbons (Fsp3) is 0.276. The highest BCUT2D eigenvalue weighted by molar-refractivity contribution is 5.76. The quantitative estimate of drug-likeness (QED) is 0.312. The first-order valence-corrected chi connectivity index (χ1v) is 11.4. The summed E-state index contributed by atoms with van der Waals surface area (Å²) < 4.78 is 14.1. The van der Waals surface area contributed by atoms with Crippen LogP contribution in [0.15, 0.2) is 54.6 Å². The van der Waals surface area contributed by atoms with Crippen molar-refractivity contribution < 1.29 is 9.47 Å². The second kappa shape index (κ2) is 9.53. The van der Waals surface area contributed by atoms with Gasteiger partial charge in [0.15, 0.2) is 11.5 Å². The lowest BCUT2D eigenvalue weighted by Crippen LogP contribution is -2.11. The number of para-hydroxylation sites is 2. The Labute approximate surface area is 196 Å². The lowest BCUT2D eigenvalue weighted by Gasteiger charge is -2.18. The molecule has 3 aromatic carbocycles. The minimum absolute atomic E-state index is 0.358. The minimum atomic E-state index is 0.358. The highest BCUT2D eigenvalue weighted by Crippen LogP contribution is 2.30. The molecule has 0 fully saturated rings. The van der Waals surface area contributed by atoms with E-state index >= 15 is 0 Å². The molecule has 0 bridgehead atoms. The van der Waals surface area contributed by atoms with E-state index in [1.807, 2.05) is 43.3 Å². The number of hydrogen-bond donors (Lipinski definition) is 0. The summed E-state index contributed by atoms with van der Waals surface area (Å²) in [5.74, 6) is 2.33. The van der Waals surface area contributed by atoms with E-state index in [-0.39, 0.29) is 0 Å². The van der Waals surface area contributed by atoms with Crippen molar-refractivity contribution in [2.45, 2.75) is 47.8 Å². The molecular weight excluding hydrogens is 408 g/mol. The van der Waals surface area contributed by atoms with E-state index in [1.54, 1.807) is 7.11 Å². The first-order valence-electron chi connectivity index (χ1n) is 11.4. The van der Waals surface area contributed by atoms with Crippen molar-refractivity contribution in [3.05, 3.63) is 93.8 Å². The zero-order valence-corrected chi connectivity index (χ0v) is 20.4. The largest absolute Gasteiger partial charge is 0.493 e. The smallest absolute Gasteiger partial charge is 0.161 e. The highest BCUT2D eigenvalue weighted by atomic mass is 16.5. The van der Waals surface area contributed by atoms with Crippen LogP contribution in [0.3, 0.4) is 0 Å². The monoisotopic (exact) mass is 440 g/mol. The van der Waals surface area contributed by atoms with Crippen molar-refractivity contribution in [2.75, 3.05) is 7.11 Å². The van der Waals surface area contributed by atoms with Gasteiger partial charge < -0.3 is 14.0 Å². The van der Waals surface area contributed by atoms with Gasteiger partial charge in [0.1, 0.15) is 12.4 Å². The van der Waals surface area contributed by atoms with Crippen LogP contribution in [0.5, 0.6) is 11.5 Å². The van der Waals surface area contributed by atoms with E-state index in [9.17, 15) is 0 Å². The molecule has 1 heterocycles. The molecule has 0 N–H and O–H groups in total. The molecule has 4 heteroatoms. The van der Waals surface area contributed by atoms with Gasteiger partial charge in [-0.25, -0.2) is 4.98 Å². The van der Waals surface area contributed by atoms with Crippen molar-refractivity contribution in [1.82, 2.24) is 9.55 Å². The summed E-state index contributed by atoms with van der Waals surface area (Å²) in [6, 6.07) is 16.5. The number of fused-ring (bicyclic) bond motifs is 1. The number of hydrogen-bond acceptors (Lipinski definition) is 3. The van der Waals surface area contributed by atoms with Gasteiger partial charge in [-0.05, 0) is 92.3 Å². The number of benzene rings is 3. The van der Waals surface area contributed by atoms with Gasteiger partial charge in [-0.2, -0.15) is 0 Å². The van der Waals surface area contributed by atoms with E-state index in [0.717, 1.165) is 29.0 Å². The van der Waals surface area contributed by atoms with Crippen LogP contribution in [-0.4, -0.2) is 16.7 Å². The van der Waals surface area contributed by atoms with Gasteiger partial charge in [0, 0.05) is 0 Å². The Morgan fingerprint density at radius 3 is 2.33 bits per heavy atom. The Morgan fingerprint density at radius 2 is 1.64 bits per heavy atom. The number of aromatic nitrogens is 2. The van der Waals surface area contributed by atoms with Gasteiger partial charge in [-0.15, -0.1) is 0 Å². The maximum atomic E-state index is 6.23. The van der Waals surface area contributed by atoms with Crippen molar-refractivity contribution in [3.63, 3.8) is 0 Å². The molecule has 0 atom stereocenters. The number of rotatable bonds is 7. The molecular formula is C29H32N2O2. The van der Waals surface area contributed by atoms with Crippen LogP contribution in [0, 0.1) is 27.7 Å². The van der Waals surface area contributed by atoms with E-state index in [1.165, 1.54) is 27.8 Å². The molecule has 4 aromatic rings. The standard InChI is InChI=1S/C29H32N2O2/c1-7-10-23-13-14-27(28(16-23)32-6)33-18-29-30-25-11-8-9-12-26(25)31(29)17-24-21(4)19(2)15-20(3)22(24)5/h7-16H,17-18H2,1-6H3/b10-7-. The van der Waals surface area contributed by atoms with Crippen LogP contribution in [-0.2, 0) is 13.2 Å². The normalized spacial score (nSPS) is 11.5. The molecule has 0 radical (unpaired) electrons. The van der Waals surface area contributed by atoms with Crippen LogP contribution in [0.1, 0.15) is 46.1 Å². The van der Waals surface area contributed by atoms with Gasteiger partial charge in [-0.3, -0.25) is 0 Å². The zero-order chi connectivity index (χ0) is 23.5. The lowest BCUT2D eigenvalue weighted by atomic mass is 9.94. The third kappa shape index (κ3) is 4.51.